The van der Waals surface area contributed by atoms with E-state index in [0.29, 0.717) is 12.1 Å². The monoisotopic (exact) mass is 248 g/mol. The largest absolute Gasteiger partial charge is 0.359 e. The van der Waals surface area contributed by atoms with Crippen molar-refractivity contribution >= 4 is 16.9 Å². The SMILES string of the molecule is c1cc(CN=C2NC3(CCCC3)CS2)ncn1. The first-order valence-corrected chi connectivity index (χ1v) is 7.05. The standard InChI is InChI=1S/C12H16N4S/c1-2-5-12(4-1)8-17-11(16-12)14-7-10-3-6-13-9-15-10/h3,6,9H,1-2,4-5,7-8H2,(H,14,16). The molecule has 1 aromatic rings. The lowest BCUT2D eigenvalue weighted by Crippen LogP contribution is -2.40. The summed E-state index contributed by atoms with van der Waals surface area (Å²) in [5.41, 5.74) is 1.33. The predicted octanol–water partition coefficient (Wildman–Crippen LogP) is 1.98. The zero-order valence-corrected chi connectivity index (χ0v) is 10.5. The lowest BCUT2D eigenvalue weighted by molar-refractivity contribution is 0.452. The normalized spacial score (nSPS) is 24.4. The van der Waals surface area contributed by atoms with E-state index in [1.54, 1.807) is 12.5 Å². The lowest BCUT2D eigenvalue weighted by Gasteiger charge is -2.21. The Kier molecular flexibility index (Phi) is 3.01. The van der Waals surface area contributed by atoms with E-state index in [9.17, 15) is 0 Å². The van der Waals surface area contributed by atoms with E-state index in [1.165, 1.54) is 31.4 Å². The smallest absolute Gasteiger partial charge is 0.157 e. The van der Waals surface area contributed by atoms with Crippen molar-refractivity contribution in [3.8, 4) is 0 Å². The van der Waals surface area contributed by atoms with Gasteiger partial charge in [0.05, 0.1) is 12.2 Å². The summed E-state index contributed by atoms with van der Waals surface area (Å²) in [6.07, 6.45) is 8.64. The van der Waals surface area contributed by atoms with E-state index in [-0.39, 0.29) is 0 Å². The van der Waals surface area contributed by atoms with Crippen molar-refractivity contribution in [1.82, 2.24) is 15.3 Å². The highest BCUT2D eigenvalue weighted by Crippen LogP contribution is 2.37. The van der Waals surface area contributed by atoms with Crippen LogP contribution in [0, 0.1) is 0 Å². The second-order valence-electron chi connectivity index (χ2n) is 4.72. The summed E-state index contributed by atoms with van der Waals surface area (Å²) in [6, 6.07) is 1.91. The third-order valence-corrected chi connectivity index (χ3v) is 4.65. The van der Waals surface area contributed by atoms with Crippen molar-refractivity contribution in [2.45, 2.75) is 37.8 Å². The van der Waals surface area contributed by atoms with Crippen LogP contribution in [0.3, 0.4) is 0 Å². The molecule has 2 fully saturated rings. The molecule has 1 N–H and O–H groups in total. The first-order chi connectivity index (χ1) is 8.36. The average molecular weight is 248 g/mol. The van der Waals surface area contributed by atoms with Crippen molar-refractivity contribution < 1.29 is 0 Å². The number of amidine groups is 1. The maximum Gasteiger partial charge on any atom is 0.157 e. The van der Waals surface area contributed by atoms with Crippen LogP contribution in [-0.2, 0) is 6.54 Å². The Morgan fingerprint density at radius 2 is 2.29 bits per heavy atom. The molecule has 3 rings (SSSR count). The summed E-state index contributed by atoms with van der Waals surface area (Å²) in [5, 5.41) is 4.69. The summed E-state index contributed by atoms with van der Waals surface area (Å²) in [6.45, 7) is 0.647. The molecule has 1 saturated carbocycles. The average Bonchev–Trinajstić information content (AvgIpc) is 2.99. The van der Waals surface area contributed by atoms with Crippen molar-refractivity contribution in [2.75, 3.05) is 5.75 Å². The number of nitrogens with one attached hydrogen (secondary N) is 1. The van der Waals surface area contributed by atoms with Crippen molar-refractivity contribution in [3.63, 3.8) is 0 Å². The second kappa shape index (κ2) is 4.64. The van der Waals surface area contributed by atoms with Gasteiger partial charge in [0.15, 0.2) is 5.17 Å². The molecule has 0 bridgehead atoms. The van der Waals surface area contributed by atoms with E-state index < -0.39 is 0 Å². The molecule has 0 unspecified atom stereocenters. The first kappa shape index (κ1) is 11.0. The van der Waals surface area contributed by atoms with Crippen molar-refractivity contribution in [2.24, 2.45) is 4.99 Å². The van der Waals surface area contributed by atoms with Gasteiger partial charge in [-0.3, -0.25) is 4.99 Å². The molecule has 1 aromatic heterocycles. The Hall–Kier alpha value is -1.10. The van der Waals surface area contributed by atoms with Gasteiger partial charge in [-0.25, -0.2) is 9.97 Å². The molecule has 1 saturated heterocycles. The Bertz CT molecular complexity index is 412. The van der Waals surface area contributed by atoms with Crippen LogP contribution in [0.1, 0.15) is 31.4 Å². The van der Waals surface area contributed by atoms with Crippen LogP contribution in [0.4, 0.5) is 0 Å². The first-order valence-electron chi connectivity index (χ1n) is 6.07. The summed E-state index contributed by atoms with van der Waals surface area (Å²) >= 11 is 1.85. The third kappa shape index (κ3) is 2.44. The summed E-state index contributed by atoms with van der Waals surface area (Å²) in [7, 11) is 0. The molecule has 2 heterocycles. The molecule has 90 valence electrons. The van der Waals surface area contributed by atoms with Gasteiger partial charge in [0, 0.05) is 17.5 Å². The van der Waals surface area contributed by atoms with E-state index in [0.717, 1.165) is 10.9 Å². The van der Waals surface area contributed by atoms with Gasteiger partial charge in [0.2, 0.25) is 0 Å². The van der Waals surface area contributed by atoms with E-state index >= 15 is 0 Å². The maximum absolute atomic E-state index is 4.59. The molecule has 4 nitrogen and oxygen atoms in total. The Balaban J connectivity index is 1.63. The van der Waals surface area contributed by atoms with Crippen molar-refractivity contribution in [1.29, 1.82) is 0 Å². The van der Waals surface area contributed by atoms with Crippen LogP contribution in [-0.4, -0.2) is 26.4 Å². The highest BCUT2D eigenvalue weighted by Gasteiger charge is 2.39. The van der Waals surface area contributed by atoms with Gasteiger partial charge in [0.25, 0.3) is 0 Å². The van der Waals surface area contributed by atoms with Gasteiger partial charge < -0.3 is 5.32 Å². The Labute approximate surface area is 105 Å². The topological polar surface area (TPSA) is 50.2 Å². The number of rotatable bonds is 2. The molecular formula is C12H16N4S. The van der Waals surface area contributed by atoms with Gasteiger partial charge in [-0.2, -0.15) is 0 Å². The third-order valence-electron chi connectivity index (χ3n) is 3.45. The second-order valence-corrected chi connectivity index (χ2v) is 5.69. The number of thioether (sulfide) groups is 1. The van der Waals surface area contributed by atoms with E-state index in [2.05, 4.69) is 20.3 Å². The molecular weight excluding hydrogens is 232 g/mol. The summed E-state index contributed by atoms with van der Waals surface area (Å²) in [4.78, 5) is 12.7. The van der Waals surface area contributed by atoms with Gasteiger partial charge >= 0.3 is 0 Å². The molecule has 0 atom stereocenters. The predicted molar refractivity (Wildman–Crippen MR) is 70.0 cm³/mol. The Morgan fingerprint density at radius 3 is 3.06 bits per heavy atom. The van der Waals surface area contributed by atoms with Crippen LogP contribution in [0.15, 0.2) is 23.6 Å². The highest BCUT2D eigenvalue weighted by atomic mass is 32.2. The van der Waals surface area contributed by atoms with Crippen LogP contribution in [0.2, 0.25) is 0 Å². The number of hydrogen-bond acceptors (Lipinski definition) is 4. The van der Waals surface area contributed by atoms with E-state index in [4.69, 9.17) is 0 Å². The number of aromatic nitrogens is 2. The zero-order chi connectivity index (χ0) is 11.6. The molecule has 1 aliphatic carbocycles. The fourth-order valence-electron chi connectivity index (χ4n) is 2.48. The molecule has 2 aliphatic rings. The lowest BCUT2D eigenvalue weighted by atomic mass is 10.0. The quantitative estimate of drug-likeness (QED) is 0.869. The molecule has 0 amide bonds. The highest BCUT2D eigenvalue weighted by molar-refractivity contribution is 8.14. The number of aliphatic imine (C=N–C) groups is 1. The molecule has 1 spiro atoms. The number of hydrogen-bond donors (Lipinski definition) is 1. The minimum Gasteiger partial charge on any atom is -0.359 e. The van der Waals surface area contributed by atoms with Crippen molar-refractivity contribution in [3.05, 3.63) is 24.3 Å². The minimum atomic E-state index is 0.356. The summed E-state index contributed by atoms with van der Waals surface area (Å²) < 4.78 is 0. The van der Waals surface area contributed by atoms with Gasteiger partial charge in [-0.1, -0.05) is 24.6 Å². The maximum atomic E-state index is 4.59. The molecule has 0 radical (unpaired) electrons. The fraction of sp³-hybridized carbons (Fsp3) is 0.583. The Morgan fingerprint density at radius 1 is 1.41 bits per heavy atom. The molecule has 5 heteroatoms. The van der Waals surface area contributed by atoms with Crippen LogP contribution in [0.25, 0.3) is 0 Å². The summed E-state index contributed by atoms with van der Waals surface area (Å²) in [5.74, 6) is 1.18. The van der Waals surface area contributed by atoms with Gasteiger partial charge in [-0.15, -0.1) is 0 Å². The van der Waals surface area contributed by atoms with Crippen LogP contribution in [0.5, 0.6) is 0 Å². The molecule has 1 aliphatic heterocycles. The van der Waals surface area contributed by atoms with E-state index in [1.807, 2.05) is 17.8 Å². The van der Waals surface area contributed by atoms with Gasteiger partial charge in [-0.05, 0) is 18.9 Å². The molecule has 0 aromatic carbocycles. The molecule has 17 heavy (non-hydrogen) atoms. The number of nitrogens with zero attached hydrogens (tertiary/aromatic N) is 3. The van der Waals surface area contributed by atoms with Crippen LogP contribution < -0.4 is 5.32 Å². The fourth-order valence-corrected chi connectivity index (χ4v) is 3.69. The zero-order valence-electron chi connectivity index (χ0n) is 9.72. The van der Waals surface area contributed by atoms with Gasteiger partial charge in [0.1, 0.15) is 6.33 Å². The minimum absolute atomic E-state index is 0.356. The van der Waals surface area contributed by atoms with Crippen LogP contribution >= 0.6 is 11.8 Å².